The quantitative estimate of drug-likeness (QED) is 0.423. The van der Waals surface area contributed by atoms with Crippen LogP contribution in [0.4, 0.5) is 18.9 Å². The van der Waals surface area contributed by atoms with Crippen molar-refractivity contribution >= 4 is 40.5 Å². The molecule has 39 heavy (non-hydrogen) atoms. The number of nitrogens with one attached hydrogen (secondary N) is 1. The van der Waals surface area contributed by atoms with Crippen LogP contribution in [0, 0.1) is 5.92 Å². The lowest BCUT2D eigenvalue weighted by atomic mass is 9.84. The molecule has 13 heteroatoms. The fourth-order valence-electron chi connectivity index (χ4n) is 5.66. The summed E-state index contributed by atoms with van der Waals surface area (Å²) in [6, 6.07) is 5.63. The number of ether oxygens (including phenoxy) is 1. The van der Waals surface area contributed by atoms with E-state index in [1.165, 1.54) is 12.1 Å². The number of benzene rings is 1. The van der Waals surface area contributed by atoms with E-state index >= 15 is 0 Å². The first-order chi connectivity index (χ1) is 17.7. The number of nitrogens with zero attached hydrogens (tertiary/aromatic N) is 3. The molecule has 1 aromatic rings. The summed E-state index contributed by atoms with van der Waals surface area (Å²) in [5.74, 6) is 0.778. The summed E-state index contributed by atoms with van der Waals surface area (Å²) in [5, 5.41) is 0. The Bertz CT molecular complexity index is 952. The summed E-state index contributed by atoms with van der Waals surface area (Å²) < 4.78 is 72.4. The zero-order valence-corrected chi connectivity index (χ0v) is 24.9. The van der Waals surface area contributed by atoms with Crippen molar-refractivity contribution in [1.82, 2.24) is 14.5 Å². The molecular formula is C26H43Cl2F3N4O3S. The lowest BCUT2D eigenvalue weighted by molar-refractivity contribution is -0.137. The molecule has 1 saturated carbocycles. The summed E-state index contributed by atoms with van der Waals surface area (Å²) in [7, 11) is -3.25. The molecule has 3 aliphatic rings. The van der Waals surface area contributed by atoms with E-state index in [9.17, 15) is 21.6 Å². The Morgan fingerprint density at radius 3 is 2.18 bits per heavy atom. The predicted octanol–water partition coefficient (Wildman–Crippen LogP) is 4.26. The first kappa shape index (κ1) is 34.4. The van der Waals surface area contributed by atoms with Gasteiger partial charge in [-0.1, -0.05) is 6.07 Å². The fraction of sp³-hybridized carbons (Fsp3) is 0.769. The molecule has 0 radical (unpaired) electrons. The van der Waals surface area contributed by atoms with Crippen LogP contribution < -0.4 is 9.62 Å². The molecule has 0 aromatic heterocycles. The van der Waals surface area contributed by atoms with Gasteiger partial charge in [-0.15, -0.1) is 24.8 Å². The van der Waals surface area contributed by atoms with Crippen LogP contribution in [-0.2, 0) is 20.9 Å². The highest BCUT2D eigenvalue weighted by molar-refractivity contribution is 7.89. The molecule has 0 unspecified atom stereocenters. The molecule has 1 N–H and O–H groups in total. The van der Waals surface area contributed by atoms with Gasteiger partial charge in [0.25, 0.3) is 0 Å². The van der Waals surface area contributed by atoms with Gasteiger partial charge < -0.3 is 9.64 Å². The molecule has 7 nitrogen and oxygen atoms in total. The molecule has 3 fully saturated rings. The highest BCUT2D eigenvalue weighted by Crippen LogP contribution is 2.32. The van der Waals surface area contributed by atoms with Gasteiger partial charge in [0.15, 0.2) is 0 Å². The second-order valence-electron chi connectivity index (χ2n) is 10.6. The topological polar surface area (TPSA) is 65.1 Å². The number of piperazine rings is 1. The van der Waals surface area contributed by atoms with Crippen molar-refractivity contribution in [3.8, 4) is 0 Å². The second-order valence-corrected chi connectivity index (χ2v) is 12.5. The zero-order valence-electron chi connectivity index (χ0n) is 22.4. The molecule has 0 bridgehead atoms. The predicted molar refractivity (Wildman–Crippen MR) is 154 cm³/mol. The molecule has 2 saturated heterocycles. The van der Waals surface area contributed by atoms with Gasteiger partial charge in [0.05, 0.1) is 24.5 Å². The lowest BCUT2D eigenvalue weighted by Crippen LogP contribution is -2.47. The second kappa shape index (κ2) is 16.0. The highest BCUT2D eigenvalue weighted by atomic mass is 35.5. The molecule has 0 amide bonds. The average Bonchev–Trinajstić information content (AvgIpc) is 2.88. The van der Waals surface area contributed by atoms with Gasteiger partial charge in [-0.25, -0.2) is 13.1 Å². The summed E-state index contributed by atoms with van der Waals surface area (Å²) >= 11 is 0. The molecule has 0 atom stereocenters. The third kappa shape index (κ3) is 11.2. The molecule has 4 rings (SSSR count). The van der Waals surface area contributed by atoms with Crippen molar-refractivity contribution in [2.24, 2.45) is 5.92 Å². The van der Waals surface area contributed by atoms with E-state index in [4.69, 9.17) is 4.74 Å². The number of rotatable bonds is 10. The Balaban J connectivity index is 0.00000267. The molecule has 0 spiro atoms. The average molecular weight is 620 g/mol. The molecule has 2 heterocycles. The van der Waals surface area contributed by atoms with Gasteiger partial charge in [0.2, 0.25) is 10.0 Å². The third-order valence-corrected chi connectivity index (χ3v) is 9.47. The maximum atomic E-state index is 13.0. The Morgan fingerprint density at radius 1 is 0.897 bits per heavy atom. The minimum atomic E-state index is -4.32. The number of morpholine rings is 1. The zero-order chi connectivity index (χ0) is 26.3. The van der Waals surface area contributed by atoms with Crippen LogP contribution in [0.2, 0.25) is 0 Å². The number of hydrogen-bond donors (Lipinski definition) is 1. The Morgan fingerprint density at radius 2 is 1.54 bits per heavy atom. The summed E-state index contributed by atoms with van der Waals surface area (Å²) in [4.78, 5) is 6.69. The van der Waals surface area contributed by atoms with E-state index in [2.05, 4.69) is 14.5 Å². The minimum absolute atomic E-state index is 0. The largest absolute Gasteiger partial charge is 0.416 e. The first-order valence-electron chi connectivity index (χ1n) is 13.6. The van der Waals surface area contributed by atoms with Crippen molar-refractivity contribution in [3.05, 3.63) is 29.8 Å². The van der Waals surface area contributed by atoms with E-state index in [-0.39, 0.29) is 36.6 Å². The SMILES string of the molecule is Cl.Cl.O=S(=O)(CCCN1CCOCC1)NC1CCC(CCN2CCN(c3cccc(C(F)(F)F)c3)CC2)CC1. The summed E-state index contributed by atoms with van der Waals surface area (Å²) in [6.45, 7) is 8.12. The van der Waals surface area contributed by atoms with Crippen molar-refractivity contribution in [3.63, 3.8) is 0 Å². The van der Waals surface area contributed by atoms with Gasteiger partial charge in [0.1, 0.15) is 0 Å². The van der Waals surface area contributed by atoms with Gasteiger partial charge >= 0.3 is 6.18 Å². The standard InChI is InChI=1S/C26H41F3N4O3S.2ClH/c27-26(28,29)23-3-1-4-25(21-23)33-14-12-32(13-15-33)11-9-22-5-7-24(8-6-22)30-37(34,35)20-2-10-31-16-18-36-19-17-31;;/h1,3-4,21-22,24,30H,2,5-20H2;2*1H. The Labute approximate surface area is 243 Å². The van der Waals surface area contributed by atoms with Crippen LogP contribution in [0.25, 0.3) is 0 Å². The van der Waals surface area contributed by atoms with Crippen LogP contribution in [-0.4, -0.2) is 95.6 Å². The molecule has 2 aliphatic heterocycles. The van der Waals surface area contributed by atoms with E-state index in [1.54, 1.807) is 6.07 Å². The molecular weight excluding hydrogens is 576 g/mol. The Hall–Kier alpha value is -0.820. The van der Waals surface area contributed by atoms with Gasteiger partial charge in [-0.3, -0.25) is 9.80 Å². The molecule has 226 valence electrons. The fourth-order valence-corrected chi connectivity index (χ4v) is 7.03. The summed E-state index contributed by atoms with van der Waals surface area (Å²) in [5.41, 5.74) is 0.0367. The molecule has 1 aromatic carbocycles. The van der Waals surface area contributed by atoms with Crippen molar-refractivity contribution in [2.75, 3.05) is 76.2 Å². The maximum absolute atomic E-state index is 13.0. The van der Waals surface area contributed by atoms with Crippen molar-refractivity contribution in [1.29, 1.82) is 0 Å². The van der Waals surface area contributed by atoms with Crippen LogP contribution >= 0.6 is 24.8 Å². The van der Waals surface area contributed by atoms with E-state index in [1.807, 2.05) is 4.90 Å². The number of hydrogen-bond acceptors (Lipinski definition) is 6. The number of halogens is 5. The number of anilines is 1. The van der Waals surface area contributed by atoms with E-state index in [0.717, 1.165) is 104 Å². The van der Waals surface area contributed by atoms with Gasteiger partial charge in [0, 0.05) is 51.0 Å². The van der Waals surface area contributed by atoms with Gasteiger partial charge in [-0.2, -0.15) is 13.2 Å². The van der Waals surface area contributed by atoms with Crippen LogP contribution in [0.3, 0.4) is 0 Å². The smallest absolute Gasteiger partial charge is 0.379 e. The van der Waals surface area contributed by atoms with Crippen LogP contribution in [0.15, 0.2) is 24.3 Å². The van der Waals surface area contributed by atoms with Crippen molar-refractivity contribution < 1.29 is 26.3 Å². The van der Waals surface area contributed by atoms with Crippen LogP contribution in [0.1, 0.15) is 44.1 Å². The maximum Gasteiger partial charge on any atom is 0.416 e. The number of alkyl halides is 3. The lowest BCUT2D eigenvalue weighted by Gasteiger charge is -2.37. The Kier molecular flexibility index (Phi) is 14.1. The van der Waals surface area contributed by atoms with Crippen LogP contribution in [0.5, 0.6) is 0 Å². The minimum Gasteiger partial charge on any atom is -0.379 e. The number of sulfonamides is 1. The molecule has 1 aliphatic carbocycles. The summed E-state index contributed by atoms with van der Waals surface area (Å²) in [6.07, 6.45) is 1.25. The van der Waals surface area contributed by atoms with E-state index < -0.39 is 21.8 Å². The normalized spacial score (nSPS) is 23.6. The first-order valence-corrected chi connectivity index (χ1v) is 15.3. The van der Waals surface area contributed by atoms with Crippen molar-refractivity contribution in [2.45, 2.75) is 50.7 Å². The van der Waals surface area contributed by atoms with E-state index in [0.29, 0.717) is 18.0 Å². The van der Waals surface area contributed by atoms with Gasteiger partial charge in [-0.05, 0) is 75.7 Å². The monoisotopic (exact) mass is 618 g/mol. The third-order valence-electron chi connectivity index (χ3n) is 7.95. The highest BCUT2D eigenvalue weighted by Gasteiger charge is 2.31.